The van der Waals surface area contributed by atoms with Gasteiger partial charge in [0.05, 0.1) is 5.69 Å². The van der Waals surface area contributed by atoms with Crippen molar-refractivity contribution in [2.45, 2.75) is 13.3 Å². The quantitative estimate of drug-likeness (QED) is 0.596. The highest BCUT2D eigenvalue weighted by molar-refractivity contribution is 7.90. The van der Waals surface area contributed by atoms with Gasteiger partial charge in [-0.3, -0.25) is 9.52 Å². The molecule has 0 heterocycles. The Morgan fingerprint density at radius 2 is 2.00 bits per heavy atom. The molecule has 1 rings (SSSR count). The first kappa shape index (κ1) is 15.4. The van der Waals surface area contributed by atoms with Crippen molar-refractivity contribution >= 4 is 27.5 Å². The lowest BCUT2D eigenvalue weighted by Crippen LogP contribution is -2.23. The van der Waals surface area contributed by atoms with E-state index in [0.717, 1.165) is 0 Å². The lowest BCUT2D eigenvalue weighted by molar-refractivity contribution is -0.119. The largest absolute Gasteiger partial charge is 0.330 e. The summed E-state index contributed by atoms with van der Waals surface area (Å²) < 4.78 is 23.9. The van der Waals surface area contributed by atoms with Gasteiger partial charge in [0.25, 0.3) is 10.2 Å². The Morgan fingerprint density at radius 1 is 1.37 bits per heavy atom. The number of benzene rings is 1. The van der Waals surface area contributed by atoms with Crippen LogP contribution in [0.5, 0.6) is 0 Å². The molecule has 0 saturated heterocycles. The summed E-state index contributed by atoms with van der Waals surface area (Å²) in [6, 6.07) is 6.28. The van der Waals surface area contributed by atoms with Crippen LogP contribution in [0.2, 0.25) is 0 Å². The van der Waals surface area contributed by atoms with Crippen molar-refractivity contribution in [3.8, 4) is 0 Å². The van der Waals surface area contributed by atoms with Crippen molar-refractivity contribution in [2.75, 3.05) is 16.6 Å². The molecule has 0 aliphatic heterocycles. The van der Waals surface area contributed by atoms with Crippen LogP contribution in [-0.4, -0.2) is 20.9 Å². The summed E-state index contributed by atoms with van der Waals surface area (Å²) in [5, 5.41) is 7.55. The highest BCUT2D eigenvalue weighted by Gasteiger charge is 2.12. The number of nitrogens with one attached hydrogen (secondary N) is 2. The van der Waals surface area contributed by atoms with E-state index in [1.54, 1.807) is 19.1 Å². The third kappa shape index (κ3) is 5.69. The smallest absolute Gasteiger partial charge is 0.296 e. The van der Waals surface area contributed by atoms with Crippen LogP contribution in [-0.2, 0) is 15.0 Å². The van der Waals surface area contributed by atoms with Crippen LogP contribution in [0.15, 0.2) is 24.3 Å². The van der Waals surface area contributed by atoms with Crippen LogP contribution in [0, 0.1) is 5.92 Å². The van der Waals surface area contributed by atoms with Crippen molar-refractivity contribution in [2.24, 2.45) is 16.8 Å². The van der Waals surface area contributed by atoms with Gasteiger partial charge in [-0.05, 0) is 31.2 Å². The van der Waals surface area contributed by atoms with Gasteiger partial charge in [-0.25, -0.2) is 5.14 Å². The third-order valence-electron chi connectivity index (χ3n) is 2.44. The van der Waals surface area contributed by atoms with Crippen molar-refractivity contribution in [3.05, 3.63) is 24.3 Å². The van der Waals surface area contributed by atoms with E-state index < -0.39 is 10.2 Å². The molecule has 1 unspecified atom stereocenters. The molecule has 1 amide bonds. The fourth-order valence-electron chi connectivity index (χ4n) is 1.47. The van der Waals surface area contributed by atoms with Crippen molar-refractivity contribution in [3.63, 3.8) is 0 Å². The second kappa shape index (κ2) is 6.50. The number of rotatable bonds is 6. The first-order valence-corrected chi connectivity index (χ1v) is 7.28. The summed E-state index contributed by atoms with van der Waals surface area (Å²) >= 11 is 0. The molecule has 19 heavy (non-hydrogen) atoms. The number of hydrogen-bond donors (Lipinski definition) is 4. The van der Waals surface area contributed by atoms with E-state index in [4.69, 9.17) is 10.9 Å². The van der Waals surface area contributed by atoms with E-state index in [2.05, 4.69) is 10.0 Å². The van der Waals surface area contributed by atoms with Gasteiger partial charge in [0.2, 0.25) is 5.91 Å². The van der Waals surface area contributed by atoms with Crippen molar-refractivity contribution in [1.29, 1.82) is 0 Å². The van der Waals surface area contributed by atoms with Gasteiger partial charge >= 0.3 is 0 Å². The lowest BCUT2D eigenvalue weighted by Gasteiger charge is -2.12. The molecule has 1 aromatic rings. The average Bonchev–Trinajstić information content (AvgIpc) is 2.27. The molecule has 0 aliphatic rings. The summed E-state index contributed by atoms with van der Waals surface area (Å²) in [6.45, 7) is 2.20. The van der Waals surface area contributed by atoms with Gasteiger partial charge in [0, 0.05) is 11.6 Å². The zero-order chi connectivity index (χ0) is 14.5. The van der Waals surface area contributed by atoms with E-state index in [9.17, 15) is 13.2 Å². The van der Waals surface area contributed by atoms with Crippen molar-refractivity contribution < 1.29 is 13.2 Å². The molecule has 0 fully saturated rings. The summed E-state index contributed by atoms with van der Waals surface area (Å²) in [4.78, 5) is 11.8. The Balaban J connectivity index is 2.75. The fourth-order valence-corrected chi connectivity index (χ4v) is 1.93. The van der Waals surface area contributed by atoms with Crippen molar-refractivity contribution in [1.82, 2.24) is 0 Å². The highest BCUT2D eigenvalue weighted by Crippen LogP contribution is 2.16. The molecule has 7 nitrogen and oxygen atoms in total. The Bertz CT molecular complexity index is 545. The summed E-state index contributed by atoms with van der Waals surface area (Å²) in [5.74, 6) is -0.377. The van der Waals surface area contributed by atoms with Gasteiger partial charge < -0.3 is 11.1 Å². The molecule has 0 saturated carbocycles. The van der Waals surface area contributed by atoms with Crippen LogP contribution in [0.25, 0.3) is 0 Å². The monoisotopic (exact) mass is 286 g/mol. The second-order valence-corrected chi connectivity index (χ2v) is 5.49. The average molecular weight is 286 g/mol. The van der Waals surface area contributed by atoms with Crippen LogP contribution >= 0.6 is 0 Å². The SMILES string of the molecule is CC(CCN)C(=O)Nc1cccc(NS(N)(=O)=O)c1. The summed E-state index contributed by atoms with van der Waals surface area (Å²) in [5.41, 5.74) is 6.16. The van der Waals surface area contributed by atoms with Gasteiger partial charge in [-0.2, -0.15) is 8.42 Å². The molecular formula is C11H18N4O3S. The fraction of sp³-hybridized carbons (Fsp3) is 0.364. The summed E-state index contributed by atoms with van der Waals surface area (Å²) in [7, 11) is -3.83. The van der Waals surface area contributed by atoms with Crippen LogP contribution in [0.4, 0.5) is 11.4 Å². The van der Waals surface area contributed by atoms with Gasteiger partial charge in [-0.1, -0.05) is 13.0 Å². The Hall–Kier alpha value is -1.64. The van der Waals surface area contributed by atoms with Crippen LogP contribution in [0.1, 0.15) is 13.3 Å². The summed E-state index contributed by atoms with van der Waals surface area (Å²) in [6.07, 6.45) is 0.584. The molecular weight excluding hydrogens is 268 g/mol. The van der Waals surface area contributed by atoms with E-state index in [1.807, 2.05) is 0 Å². The number of amides is 1. The zero-order valence-corrected chi connectivity index (χ0v) is 11.4. The zero-order valence-electron chi connectivity index (χ0n) is 10.6. The molecule has 6 N–H and O–H groups in total. The number of anilines is 2. The molecule has 1 aromatic carbocycles. The molecule has 1 atom stereocenters. The number of carbonyl (C=O) groups is 1. The maximum absolute atomic E-state index is 11.8. The molecule has 8 heteroatoms. The number of carbonyl (C=O) groups excluding carboxylic acids is 1. The minimum atomic E-state index is -3.83. The van der Waals surface area contributed by atoms with Gasteiger partial charge in [0.1, 0.15) is 0 Å². The Morgan fingerprint density at radius 3 is 2.58 bits per heavy atom. The van der Waals surface area contributed by atoms with E-state index >= 15 is 0 Å². The predicted octanol–water partition coefficient (Wildman–Crippen LogP) is 0.225. The highest BCUT2D eigenvalue weighted by atomic mass is 32.2. The Kier molecular flexibility index (Phi) is 5.28. The predicted molar refractivity (Wildman–Crippen MR) is 74.6 cm³/mol. The number of nitrogens with two attached hydrogens (primary N) is 2. The minimum Gasteiger partial charge on any atom is -0.330 e. The maximum atomic E-state index is 11.8. The second-order valence-electron chi connectivity index (χ2n) is 4.20. The van der Waals surface area contributed by atoms with Crippen LogP contribution < -0.4 is 20.9 Å². The molecule has 0 aliphatic carbocycles. The van der Waals surface area contributed by atoms with Gasteiger partial charge in [0.15, 0.2) is 0 Å². The van der Waals surface area contributed by atoms with E-state index in [1.165, 1.54) is 12.1 Å². The standard InChI is InChI=1S/C11H18N4O3S/c1-8(5-6-12)11(16)14-9-3-2-4-10(7-9)15-19(13,17)18/h2-4,7-8,15H,5-6,12H2,1H3,(H,14,16)(H2,13,17,18). The van der Waals surface area contributed by atoms with Crippen LogP contribution in [0.3, 0.4) is 0 Å². The van der Waals surface area contributed by atoms with E-state index in [-0.39, 0.29) is 17.5 Å². The number of hydrogen-bond acceptors (Lipinski definition) is 4. The first-order valence-electron chi connectivity index (χ1n) is 5.73. The van der Waals surface area contributed by atoms with E-state index in [0.29, 0.717) is 18.7 Å². The first-order chi connectivity index (χ1) is 8.81. The molecule has 0 aromatic heterocycles. The Labute approximate surface area is 112 Å². The third-order valence-corrected chi connectivity index (χ3v) is 2.96. The molecule has 0 spiro atoms. The topological polar surface area (TPSA) is 127 Å². The normalized spacial score (nSPS) is 12.8. The molecule has 0 bridgehead atoms. The minimum absolute atomic E-state index is 0.168. The lowest BCUT2D eigenvalue weighted by atomic mass is 10.1. The molecule has 0 radical (unpaired) electrons. The molecule has 106 valence electrons. The maximum Gasteiger partial charge on any atom is 0.296 e. The van der Waals surface area contributed by atoms with Gasteiger partial charge in [-0.15, -0.1) is 0 Å².